The monoisotopic (exact) mass is 481 g/mol. The van der Waals surface area contributed by atoms with Gasteiger partial charge in [0.15, 0.2) is 26.1 Å². The summed E-state index contributed by atoms with van der Waals surface area (Å²) in [6.07, 6.45) is 1.91. The zero-order valence-electron chi connectivity index (χ0n) is 19.1. The van der Waals surface area contributed by atoms with E-state index in [0.717, 1.165) is 0 Å². The number of methoxy groups -OCH3 is 2. The third kappa shape index (κ3) is 4.46. The zero-order valence-corrected chi connectivity index (χ0v) is 19.9. The number of rotatable bonds is 8. The van der Waals surface area contributed by atoms with Gasteiger partial charge in [0.2, 0.25) is 5.91 Å². The molecule has 1 amide bonds. The highest BCUT2D eigenvalue weighted by Crippen LogP contribution is 2.42. The number of hydrogen-bond acceptors (Lipinski definition) is 6. The lowest BCUT2D eigenvalue weighted by atomic mass is 10.1. The van der Waals surface area contributed by atoms with E-state index in [9.17, 15) is 13.2 Å². The molecule has 0 atom stereocenters. The number of carbonyl (C=O) groups excluding carboxylic acids is 1. The van der Waals surface area contributed by atoms with Gasteiger partial charge in [0.1, 0.15) is 11.5 Å². The smallest absolute Gasteiger partial charge is 0.246 e. The van der Waals surface area contributed by atoms with Crippen molar-refractivity contribution in [2.24, 2.45) is 0 Å². The Kier molecular flexibility index (Phi) is 6.79. The fraction of sp³-hybridized carbons (Fsp3) is 0.269. The van der Waals surface area contributed by atoms with Crippen LogP contribution in [-0.2, 0) is 14.6 Å². The second kappa shape index (κ2) is 9.77. The van der Waals surface area contributed by atoms with E-state index in [1.165, 1.54) is 19.2 Å². The second-order valence-corrected chi connectivity index (χ2v) is 10.4. The standard InChI is InChI=1S/C26H27NO6S/c1-31-20-11-13-21(14-12-20)33-24-18-19(10-15-23(24)32-2)27-25(28)26(16-6-7-17-26)34(29,30)22-8-4-3-5-9-22/h3-5,8-15,18H,6-7,16-17H2,1-2H3,(H,27,28). The summed E-state index contributed by atoms with van der Waals surface area (Å²) in [5.41, 5.74) is 0.420. The van der Waals surface area contributed by atoms with E-state index < -0.39 is 20.5 Å². The minimum Gasteiger partial charge on any atom is -0.497 e. The average Bonchev–Trinajstić information content (AvgIpc) is 3.37. The molecule has 3 aromatic rings. The summed E-state index contributed by atoms with van der Waals surface area (Å²) < 4.78 is 42.1. The summed E-state index contributed by atoms with van der Waals surface area (Å²) in [6.45, 7) is 0. The molecule has 1 aliphatic rings. The molecule has 1 aliphatic carbocycles. The number of hydrogen-bond donors (Lipinski definition) is 1. The topological polar surface area (TPSA) is 90.9 Å². The van der Waals surface area contributed by atoms with Crippen LogP contribution in [0.25, 0.3) is 0 Å². The van der Waals surface area contributed by atoms with Crippen molar-refractivity contribution in [2.45, 2.75) is 35.3 Å². The van der Waals surface area contributed by atoms with Gasteiger partial charge in [0, 0.05) is 11.8 Å². The van der Waals surface area contributed by atoms with E-state index in [1.54, 1.807) is 67.8 Å². The lowest BCUT2D eigenvalue weighted by Gasteiger charge is -2.27. The van der Waals surface area contributed by atoms with Crippen molar-refractivity contribution in [1.82, 2.24) is 0 Å². The van der Waals surface area contributed by atoms with Crippen LogP contribution in [0.5, 0.6) is 23.0 Å². The summed E-state index contributed by atoms with van der Waals surface area (Å²) in [6, 6.07) is 20.2. The normalized spacial score (nSPS) is 14.9. The lowest BCUT2D eigenvalue weighted by molar-refractivity contribution is -0.118. The Bertz CT molecular complexity index is 1250. The molecule has 0 spiro atoms. The van der Waals surface area contributed by atoms with Gasteiger partial charge in [0.25, 0.3) is 0 Å². The molecule has 1 fully saturated rings. The molecule has 0 radical (unpaired) electrons. The molecule has 0 heterocycles. The minimum absolute atomic E-state index is 0.158. The summed E-state index contributed by atoms with van der Waals surface area (Å²) >= 11 is 0. The van der Waals surface area contributed by atoms with Crippen molar-refractivity contribution < 1.29 is 27.4 Å². The highest BCUT2D eigenvalue weighted by molar-refractivity contribution is 7.93. The molecule has 0 bridgehead atoms. The van der Waals surface area contributed by atoms with Gasteiger partial charge in [-0.3, -0.25) is 4.79 Å². The molecular formula is C26H27NO6S. The van der Waals surface area contributed by atoms with Crippen molar-refractivity contribution >= 4 is 21.4 Å². The molecule has 178 valence electrons. The van der Waals surface area contributed by atoms with E-state index in [0.29, 0.717) is 41.5 Å². The highest BCUT2D eigenvalue weighted by Gasteiger charge is 2.52. The average molecular weight is 482 g/mol. The lowest BCUT2D eigenvalue weighted by Crippen LogP contribution is -2.47. The Morgan fingerprint density at radius 2 is 1.47 bits per heavy atom. The van der Waals surface area contributed by atoms with Crippen LogP contribution in [0.1, 0.15) is 25.7 Å². The Labute approximate surface area is 199 Å². The molecule has 0 unspecified atom stereocenters. The molecule has 1 N–H and O–H groups in total. The van der Waals surface area contributed by atoms with E-state index >= 15 is 0 Å². The number of benzene rings is 3. The van der Waals surface area contributed by atoms with E-state index in [-0.39, 0.29) is 17.7 Å². The minimum atomic E-state index is -3.88. The fourth-order valence-electron chi connectivity index (χ4n) is 4.24. The molecule has 0 aromatic heterocycles. The summed E-state index contributed by atoms with van der Waals surface area (Å²) in [7, 11) is -0.772. The maximum Gasteiger partial charge on any atom is 0.246 e. The predicted molar refractivity (Wildman–Crippen MR) is 130 cm³/mol. The van der Waals surface area contributed by atoms with Gasteiger partial charge >= 0.3 is 0 Å². The first-order valence-electron chi connectivity index (χ1n) is 11.0. The summed E-state index contributed by atoms with van der Waals surface area (Å²) in [5.74, 6) is 1.58. The highest BCUT2D eigenvalue weighted by atomic mass is 32.2. The van der Waals surface area contributed by atoms with Crippen molar-refractivity contribution in [3.8, 4) is 23.0 Å². The van der Waals surface area contributed by atoms with Gasteiger partial charge in [-0.25, -0.2) is 8.42 Å². The van der Waals surface area contributed by atoms with Crippen LogP contribution < -0.4 is 19.5 Å². The number of amides is 1. The van der Waals surface area contributed by atoms with E-state index in [2.05, 4.69) is 5.32 Å². The molecule has 3 aromatic carbocycles. The first-order valence-corrected chi connectivity index (χ1v) is 12.5. The zero-order chi connectivity index (χ0) is 24.2. The number of sulfone groups is 1. The molecule has 0 aliphatic heterocycles. The van der Waals surface area contributed by atoms with Crippen molar-refractivity contribution in [3.05, 3.63) is 72.8 Å². The van der Waals surface area contributed by atoms with Crippen molar-refractivity contribution in [1.29, 1.82) is 0 Å². The predicted octanol–water partition coefficient (Wildman–Crippen LogP) is 5.22. The van der Waals surface area contributed by atoms with Gasteiger partial charge in [0.05, 0.1) is 19.1 Å². The van der Waals surface area contributed by atoms with E-state index in [1.807, 2.05) is 0 Å². The van der Waals surface area contributed by atoms with Crippen LogP contribution in [0.3, 0.4) is 0 Å². The maximum absolute atomic E-state index is 13.5. The van der Waals surface area contributed by atoms with Crippen molar-refractivity contribution in [2.75, 3.05) is 19.5 Å². The van der Waals surface area contributed by atoms with Crippen LogP contribution in [-0.4, -0.2) is 33.3 Å². The van der Waals surface area contributed by atoms with Crippen LogP contribution in [0.2, 0.25) is 0 Å². The van der Waals surface area contributed by atoms with Crippen LogP contribution in [0.4, 0.5) is 5.69 Å². The summed E-state index contributed by atoms with van der Waals surface area (Å²) in [5, 5.41) is 2.82. The van der Waals surface area contributed by atoms with Crippen LogP contribution in [0.15, 0.2) is 77.7 Å². The van der Waals surface area contributed by atoms with Gasteiger partial charge in [-0.2, -0.15) is 0 Å². The number of nitrogens with one attached hydrogen (secondary N) is 1. The molecule has 34 heavy (non-hydrogen) atoms. The van der Waals surface area contributed by atoms with Crippen LogP contribution in [0, 0.1) is 0 Å². The first kappa shape index (κ1) is 23.6. The van der Waals surface area contributed by atoms with E-state index in [4.69, 9.17) is 14.2 Å². The molecule has 1 saturated carbocycles. The quantitative estimate of drug-likeness (QED) is 0.474. The molecule has 4 rings (SSSR count). The summed E-state index contributed by atoms with van der Waals surface area (Å²) in [4.78, 5) is 13.6. The Balaban J connectivity index is 1.62. The van der Waals surface area contributed by atoms with Gasteiger partial charge in [-0.1, -0.05) is 31.0 Å². The Morgan fingerprint density at radius 1 is 0.824 bits per heavy atom. The molecule has 7 nitrogen and oxygen atoms in total. The Morgan fingerprint density at radius 3 is 2.09 bits per heavy atom. The fourth-order valence-corrected chi connectivity index (χ4v) is 6.33. The molecular weight excluding hydrogens is 454 g/mol. The van der Waals surface area contributed by atoms with Gasteiger partial charge < -0.3 is 19.5 Å². The number of ether oxygens (including phenoxy) is 3. The first-order chi connectivity index (χ1) is 16.4. The van der Waals surface area contributed by atoms with Gasteiger partial charge in [-0.15, -0.1) is 0 Å². The molecule has 0 saturated heterocycles. The second-order valence-electron chi connectivity index (χ2n) is 8.12. The largest absolute Gasteiger partial charge is 0.497 e. The van der Waals surface area contributed by atoms with Crippen LogP contribution >= 0.6 is 0 Å². The molecule has 8 heteroatoms. The van der Waals surface area contributed by atoms with Crippen molar-refractivity contribution in [3.63, 3.8) is 0 Å². The SMILES string of the molecule is COc1ccc(Oc2cc(NC(=O)C3(S(=O)(=O)c4ccccc4)CCCC3)ccc2OC)cc1. The third-order valence-electron chi connectivity index (χ3n) is 6.10. The van der Waals surface area contributed by atoms with Gasteiger partial charge in [-0.05, 0) is 61.4 Å². The number of carbonyl (C=O) groups is 1. The Hall–Kier alpha value is -3.52. The number of anilines is 1. The third-order valence-corrected chi connectivity index (χ3v) is 8.62. The maximum atomic E-state index is 13.5.